The van der Waals surface area contributed by atoms with Crippen LogP contribution in [-0.4, -0.2) is 32.8 Å². The van der Waals surface area contributed by atoms with Crippen LogP contribution in [-0.2, 0) is 6.54 Å². The topological polar surface area (TPSA) is 139 Å². The number of hydrogen-bond acceptors (Lipinski definition) is 7. The summed E-state index contributed by atoms with van der Waals surface area (Å²) in [7, 11) is 0. The van der Waals surface area contributed by atoms with Crippen molar-refractivity contribution in [2.24, 2.45) is 0 Å². The molecule has 0 fully saturated rings. The second-order valence-electron chi connectivity index (χ2n) is 7.01. The molecule has 4 aromatic rings. The SMILES string of the molecule is O=C(Nc1cccc(-c2noc(=O)[nH]2)c1)c1ccc2c(c1)C(=O)N(Cc1ccco1)C2=O. The maximum absolute atomic E-state index is 12.8. The molecule has 0 spiro atoms. The molecule has 10 heteroatoms. The molecule has 5 rings (SSSR count). The summed E-state index contributed by atoms with van der Waals surface area (Å²) in [5.74, 6) is -1.39. The zero-order valence-electron chi connectivity index (χ0n) is 16.3. The van der Waals surface area contributed by atoms with Crippen LogP contribution in [0.1, 0.15) is 36.8 Å². The molecule has 0 bridgehead atoms. The Kier molecular flexibility index (Phi) is 4.52. The van der Waals surface area contributed by atoms with Crippen LogP contribution < -0.4 is 11.1 Å². The van der Waals surface area contributed by atoms with Crippen molar-refractivity contribution in [3.05, 3.63) is 93.9 Å². The van der Waals surface area contributed by atoms with Gasteiger partial charge in [-0.05, 0) is 42.5 Å². The Morgan fingerprint density at radius 1 is 1.00 bits per heavy atom. The van der Waals surface area contributed by atoms with Crippen LogP contribution in [0, 0.1) is 0 Å². The zero-order valence-corrected chi connectivity index (χ0v) is 16.3. The molecule has 32 heavy (non-hydrogen) atoms. The Labute approximate surface area is 179 Å². The standard InChI is InChI=1S/C22H14N4O6/c27-19(23-14-4-1-3-12(9-14)18-24-22(30)32-25-18)13-6-7-16-17(10-13)21(29)26(20(16)28)11-15-5-2-8-31-15/h1-10H,11H2,(H,23,27)(H,24,25,30). The van der Waals surface area contributed by atoms with Gasteiger partial charge in [-0.1, -0.05) is 17.3 Å². The minimum absolute atomic E-state index is 0.0117. The van der Waals surface area contributed by atoms with Gasteiger partial charge in [-0.3, -0.25) is 28.8 Å². The van der Waals surface area contributed by atoms with Crippen LogP contribution in [0.2, 0.25) is 0 Å². The third-order valence-electron chi connectivity index (χ3n) is 4.96. The van der Waals surface area contributed by atoms with E-state index in [2.05, 4.69) is 20.0 Å². The summed E-state index contributed by atoms with van der Waals surface area (Å²) in [6.45, 7) is 0.0117. The molecule has 0 atom stereocenters. The number of benzene rings is 2. The minimum atomic E-state index is -0.687. The Morgan fingerprint density at radius 2 is 1.84 bits per heavy atom. The van der Waals surface area contributed by atoms with Gasteiger partial charge in [0, 0.05) is 16.8 Å². The van der Waals surface area contributed by atoms with Crippen molar-refractivity contribution in [2.45, 2.75) is 6.54 Å². The van der Waals surface area contributed by atoms with Gasteiger partial charge in [-0.2, -0.15) is 0 Å². The van der Waals surface area contributed by atoms with E-state index >= 15 is 0 Å². The number of imide groups is 1. The molecule has 158 valence electrons. The first-order chi connectivity index (χ1) is 15.5. The normalized spacial score (nSPS) is 12.8. The Hall–Kier alpha value is -4.73. The Balaban J connectivity index is 1.37. The van der Waals surface area contributed by atoms with E-state index in [4.69, 9.17) is 4.42 Å². The molecule has 2 aromatic heterocycles. The summed E-state index contributed by atoms with van der Waals surface area (Å²) >= 11 is 0. The average Bonchev–Trinajstić information content (AvgIpc) is 3.52. The highest BCUT2D eigenvalue weighted by atomic mass is 16.5. The summed E-state index contributed by atoms with van der Waals surface area (Å²) in [4.78, 5) is 52.8. The van der Waals surface area contributed by atoms with Crippen LogP contribution in [0.15, 0.2) is 74.6 Å². The van der Waals surface area contributed by atoms with E-state index in [0.717, 1.165) is 4.90 Å². The quantitative estimate of drug-likeness (QED) is 0.464. The van der Waals surface area contributed by atoms with E-state index in [1.54, 1.807) is 36.4 Å². The molecular weight excluding hydrogens is 416 g/mol. The van der Waals surface area contributed by atoms with Gasteiger partial charge in [0.25, 0.3) is 17.7 Å². The van der Waals surface area contributed by atoms with Gasteiger partial charge >= 0.3 is 5.76 Å². The van der Waals surface area contributed by atoms with E-state index in [1.165, 1.54) is 24.5 Å². The summed E-state index contributed by atoms with van der Waals surface area (Å²) < 4.78 is 9.72. The molecule has 0 aliphatic carbocycles. The first-order valence-corrected chi connectivity index (χ1v) is 9.50. The predicted molar refractivity (Wildman–Crippen MR) is 110 cm³/mol. The van der Waals surface area contributed by atoms with E-state index in [0.29, 0.717) is 17.0 Å². The smallest absolute Gasteiger partial charge is 0.439 e. The van der Waals surface area contributed by atoms with E-state index in [9.17, 15) is 19.2 Å². The average molecular weight is 430 g/mol. The molecule has 3 heterocycles. The van der Waals surface area contributed by atoms with Crippen molar-refractivity contribution in [3.8, 4) is 11.4 Å². The molecule has 2 aromatic carbocycles. The minimum Gasteiger partial charge on any atom is -0.467 e. The lowest BCUT2D eigenvalue weighted by Crippen LogP contribution is -2.28. The van der Waals surface area contributed by atoms with Crippen LogP contribution >= 0.6 is 0 Å². The molecule has 3 amide bonds. The van der Waals surface area contributed by atoms with Crippen LogP contribution in [0.4, 0.5) is 5.69 Å². The Morgan fingerprint density at radius 3 is 2.59 bits per heavy atom. The van der Waals surface area contributed by atoms with Gasteiger partial charge in [0.1, 0.15) is 5.76 Å². The zero-order chi connectivity index (χ0) is 22.2. The van der Waals surface area contributed by atoms with Crippen LogP contribution in [0.5, 0.6) is 0 Å². The monoisotopic (exact) mass is 430 g/mol. The third kappa shape index (κ3) is 3.39. The number of rotatable bonds is 5. The number of H-pyrrole nitrogens is 1. The van der Waals surface area contributed by atoms with Crippen LogP contribution in [0.3, 0.4) is 0 Å². The van der Waals surface area contributed by atoms with Crippen molar-refractivity contribution in [1.29, 1.82) is 0 Å². The number of amides is 3. The number of nitrogens with one attached hydrogen (secondary N) is 2. The number of aromatic nitrogens is 2. The first-order valence-electron chi connectivity index (χ1n) is 9.50. The van der Waals surface area contributed by atoms with Gasteiger partial charge in [0.15, 0.2) is 5.82 Å². The molecule has 2 N–H and O–H groups in total. The van der Waals surface area contributed by atoms with Crippen molar-refractivity contribution < 1.29 is 23.3 Å². The molecule has 0 radical (unpaired) electrons. The second-order valence-corrected chi connectivity index (χ2v) is 7.01. The summed E-state index contributed by atoms with van der Waals surface area (Å²) in [6, 6.07) is 14.3. The fourth-order valence-corrected chi connectivity index (χ4v) is 3.44. The lowest BCUT2D eigenvalue weighted by atomic mass is 10.1. The third-order valence-corrected chi connectivity index (χ3v) is 4.96. The first kappa shape index (κ1) is 19.2. The fraction of sp³-hybridized carbons (Fsp3) is 0.0455. The number of carbonyl (C=O) groups is 3. The number of hydrogen-bond donors (Lipinski definition) is 2. The highest BCUT2D eigenvalue weighted by Gasteiger charge is 2.36. The van der Waals surface area contributed by atoms with Gasteiger partial charge < -0.3 is 9.73 Å². The summed E-state index contributed by atoms with van der Waals surface area (Å²) in [6.07, 6.45) is 1.46. The molecule has 0 unspecified atom stereocenters. The maximum Gasteiger partial charge on any atom is 0.439 e. The van der Waals surface area contributed by atoms with Gasteiger partial charge in [0.05, 0.1) is 23.9 Å². The summed E-state index contributed by atoms with van der Waals surface area (Å²) in [5, 5.41) is 6.34. The number of fused-ring (bicyclic) bond motifs is 1. The lowest BCUT2D eigenvalue weighted by Gasteiger charge is -2.11. The van der Waals surface area contributed by atoms with Gasteiger partial charge in [-0.25, -0.2) is 4.79 Å². The Bertz CT molecular complexity index is 1420. The highest BCUT2D eigenvalue weighted by molar-refractivity contribution is 6.22. The number of carbonyl (C=O) groups excluding carboxylic acids is 3. The van der Waals surface area contributed by atoms with Crippen molar-refractivity contribution in [2.75, 3.05) is 5.32 Å². The van der Waals surface area contributed by atoms with Gasteiger partial charge in [0.2, 0.25) is 0 Å². The van der Waals surface area contributed by atoms with Crippen molar-refractivity contribution in [1.82, 2.24) is 15.0 Å². The number of furan rings is 1. The largest absolute Gasteiger partial charge is 0.467 e. The maximum atomic E-state index is 12.8. The molecule has 10 nitrogen and oxygen atoms in total. The highest BCUT2D eigenvalue weighted by Crippen LogP contribution is 2.26. The second kappa shape index (κ2) is 7.51. The van der Waals surface area contributed by atoms with Crippen LogP contribution in [0.25, 0.3) is 11.4 Å². The molecule has 1 aliphatic rings. The molecular formula is C22H14N4O6. The fourth-order valence-electron chi connectivity index (χ4n) is 3.44. The van der Waals surface area contributed by atoms with Crippen molar-refractivity contribution in [3.63, 3.8) is 0 Å². The molecule has 0 saturated carbocycles. The van der Waals surface area contributed by atoms with Crippen molar-refractivity contribution >= 4 is 23.4 Å². The number of nitrogens with zero attached hydrogens (tertiary/aromatic N) is 2. The lowest BCUT2D eigenvalue weighted by molar-refractivity contribution is 0.0631. The van der Waals surface area contributed by atoms with Gasteiger partial charge in [-0.15, -0.1) is 0 Å². The summed E-state index contributed by atoms with van der Waals surface area (Å²) in [5.41, 5.74) is 1.58. The number of aromatic amines is 1. The molecule has 0 saturated heterocycles. The van der Waals surface area contributed by atoms with E-state index in [-0.39, 0.29) is 29.1 Å². The predicted octanol–water partition coefficient (Wildman–Crippen LogP) is 2.67. The van der Waals surface area contributed by atoms with E-state index in [1.807, 2.05) is 0 Å². The number of anilines is 1. The van der Waals surface area contributed by atoms with E-state index < -0.39 is 23.5 Å². The molecule has 1 aliphatic heterocycles.